The predicted molar refractivity (Wildman–Crippen MR) is 91.5 cm³/mol. The molecular formula is C18H18ClN3O. The number of aromatic nitrogens is 1. The van der Waals surface area contributed by atoms with Crippen LogP contribution in [0.15, 0.2) is 53.2 Å². The summed E-state index contributed by atoms with van der Waals surface area (Å²) < 4.78 is 5.69. The molecule has 1 fully saturated rings. The molecule has 1 aromatic carbocycles. The fourth-order valence-electron chi connectivity index (χ4n) is 3.26. The fourth-order valence-corrected chi connectivity index (χ4v) is 3.50. The Bertz CT molecular complexity index is 802. The normalized spacial score (nSPS) is 19.3. The maximum absolute atomic E-state index is 6.36. The Balaban J connectivity index is 1.66. The number of fused-ring (bicyclic) bond motifs is 1. The van der Waals surface area contributed by atoms with Crippen molar-refractivity contribution in [3.8, 4) is 0 Å². The zero-order valence-electron chi connectivity index (χ0n) is 12.7. The second kappa shape index (κ2) is 6.32. The van der Waals surface area contributed by atoms with E-state index in [0.717, 1.165) is 42.7 Å². The lowest BCUT2D eigenvalue weighted by Crippen LogP contribution is -2.45. The van der Waals surface area contributed by atoms with E-state index in [9.17, 15) is 0 Å². The van der Waals surface area contributed by atoms with Crippen molar-refractivity contribution in [1.82, 2.24) is 15.2 Å². The summed E-state index contributed by atoms with van der Waals surface area (Å²) in [6.45, 7) is 3.63. The molecule has 3 aromatic rings. The van der Waals surface area contributed by atoms with Crippen molar-refractivity contribution >= 4 is 22.6 Å². The third-order valence-corrected chi connectivity index (χ3v) is 4.74. The highest BCUT2D eigenvalue weighted by molar-refractivity contribution is 6.30. The molecule has 0 radical (unpaired) electrons. The van der Waals surface area contributed by atoms with E-state index in [1.165, 1.54) is 5.56 Å². The molecule has 0 aliphatic carbocycles. The first-order valence-corrected chi connectivity index (χ1v) is 8.21. The molecule has 2 aromatic heterocycles. The van der Waals surface area contributed by atoms with Gasteiger partial charge in [0.1, 0.15) is 5.58 Å². The topological polar surface area (TPSA) is 41.3 Å². The van der Waals surface area contributed by atoms with Crippen LogP contribution in [0.3, 0.4) is 0 Å². The molecule has 1 unspecified atom stereocenters. The van der Waals surface area contributed by atoms with Gasteiger partial charge in [-0.1, -0.05) is 24.3 Å². The van der Waals surface area contributed by atoms with Crippen LogP contribution in [-0.4, -0.2) is 29.5 Å². The minimum absolute atomic E-state index is 0.294. The van der Waals surface area contributed by atoms with Crippen LogP contribution in [0.2, 0.25) is 5.22 Å². The number of pyridine rings is 1. The molecule has 5 heteroatoms. The molecule has 118 valence electrons. The average molecular weight is 328 g/mol. The monoisotopic (exact) mass is 327 g/mol. The molecule has 23 heavy (non-hydrogen) atoms. The highest BCUT2D eigenvalue weighted by Gasteiger charge is 2.26. The first kappa shape index (κ1) is 14.7. The Labute approximate surface area is 140 Å². The molecule has 1 N–H and O–H groups in total. The summed E-state index contributed by atoms with van der Waals surface area (Å²) in [6, 6.07) is 12.4. The van der Waals surface area contributed by atoms with Gasteiger partial charge in [0.05, 0.1) is 0 Å². The Kier molecular flexibility index (Phi) is 4.04. The van der Waals surface area contributed by atoms with Crippen molar-refractivity contribution in [2.45, 2.75) is 12.6 Å². The van der Waals surface area contributed by atoms with Gasteiger partial charge < -0.3 is 9.73 Å². The summed E-state index contributed by atoms with van der Waals surface area (Å²) in [5, 5.41) is 5.06. The molecule has 0 spiro atoms. The number of para-hydroxylation sites is 1. The molecule has 0 bridgehead atoms. The first-order chi connectivity index (χ1) is 11.3. The van der Waals surface area contributed by atoms with Crippen molar-refractivity contribution in [1.29, 1.82) is 0 Å². The molecule has 1 saturated heterocycles. The summed E-state index contributed by atoms with van der Waals surface area (Å²) in [4.78, 5) is 6.70. The van der Waals surface area contributed by atoms with Gasteiger partial charge in [0.15, 0.2) is 5.22 Å². The molecule has 1 aliphatic rings. The van der Waals surface area contributed by atoms with Gasteiger partial charge in [0.2, 0.25) is 0 Å². The lowest BCUT2D eigenvalue weighted by Gasteiger charge is -2.36. The van der Waals surface area contributed by atoms with Crippen molar-refractivity contribution < 1.29 is 4.42 Å². The fraction of sp³-hybridized carbons (Fsp3) is 0.278. The first-order valence-electron chi connectivity index (χ1n) is 7.83. The van der Waals surface area contributed by atoms with Crippen LogP contribution in [-0.2, 0) is 6.54 Å². The zero-order chi connectivity index (χ0) is 15.6. The van der Waals surface area contributed by atoms with Crippen LogP contribution in [0.4, 0.5) is 0 Å². The number of nitrogens with zero attached hydrogens (tertiary/aromatic N) is 2. The number of hydrogen-bond donors (Lipinski definition) is 1. The van der Waals surface area contributed by atoms with Crippen LogP contribution < -0.4 is 5.32 Å². The smallest absolute Gasteiger partial charge is 0.199 e. The second-order valence-corrected chi connectivity index (χ2v) is 6.17. The third-order valence-electron chi connectivity index (χ3n) is 4.43. The van der Waals surface area contributed by atoms with E-state index in [2.05, 4.69) is 27.3 Å². The quantitative estimate of drug-likeness (QED) is 0.797. The van der Waals surface area contributed by atoms with E-state index in [1.54, 1.807) is 0 Å². The average Bonchev–Trinajstić information content (AvgIpc) is 2.92. The molecule has 0 saturated carbocycles. The van der Waals surface area contributed by atoms with Crippen LogP contribution in [0.1, 0.15) is 17.2 Å². The number of hydrogen-bond acceptors (Lipinski definition) is 4. The second-order valence-electron chi connectivity index (χ2n) is 5.83. The van der Waals surface area contributed by atoms with Gasteiger partial charge in [0.25, 0.3) is 0 Å². The van der Waals surface area contributed by atoms with Gasteiger partial charge in [-0.2, -0.15) is 0 Å². The lowest BCUT2D eigenvalue weighted by molar-refractivity contribution is 0.153. The highest BCUT2D eigenvalue weighted by atomic mass is 35.5. The molecule has 0 amide bonds. The SMILES string of the molecule is Clc1oc2ccccc2c1CN1CCNCC1c1cccnc1. The van der Waals surface area contributed by atoms with E-state index < -0.39 is 0 Å². The number of piperazine rings is 1. The maximum Gasteiger partial charge on any atom is 0.199 e. The van der Waals surface area contributed by atoms with Crippen molar-refractivity contribution in [2.75, 3.05) is 19.6 Å². The summed E-state index contributed by atoms with van der Waals surface area (Å²) in [5.74, 6) is 0. The van der Waals surface area contributed by atoms with Crippen LogP contribution in [0.25, 0.3) is 11.0 Å². The summed E-state index contributed by atoms with van der Waals surface area (Å²) in [5.41, 5.74) is 3.14. The summed E-state index contributed by atoms with van der Waals surface area (Å²) in [7, 11) is 0. The van der Waals surface area contributed by atoms with E-state index in [-0.39, 0.29) is 0 Å². The van der Waals surface area contributed by atoms with Gasteiger partial charge >= 0.3 is 0 Å². The maximum atomic E-state index is 6.36. The summed E-state index contributed by atoms with van der Waals surface area (Å²) >= 11 is 6.36. The van der Waals surface area contributed by atoms with E-state index in [1.807, 2.05) is 36.7 Å². The molecule has 3 heterocycles. The lowest BCUT2D eigenvalue weighted by atomic mass is 10.0. The van der Waals surface area contributed by atoms with Crippen LogP contribution in [0, 0.1) is 0 Å². The number of benzene rings is 1. The van der Waals surface area contributed by atoms with Gasteiger partial charge in [-0.25, -0.2) is 0 Å². The minimum Gasteiger partial charge on any atom is -0.444 e. The Morgan fingerprint density at radius 1 is 1.26 bits per heavy atom. The number of furan rings is 1. The Morgan fingerprint density at radius 2 is 2.17 bits per heavy atom. The van der Waals surface area contributed by atoms with Gasteiger partial charge in [-0.3, -0.25) is 9.88 Å². The predicted octanol–water partition coefficient (Wildman–Crippen LogP) is 3.63. The van der Waals surface area contributed by atoms with Gasteiger partial charge in [-0.15, -0.1) is 0 Å². The molecule has 1 aliphatic heterocycles. The van der Waals surface area contributed by atoms with Crippen LogP contribution in [0.5, 0.6) is 0 Å². The van der Waals surface area contributed by atoms with Crippen molar-refractivity contribution in [3.63, 3.8) is 0 Å². The number of rotatable bonds is 3. The molecule has 1 atom stereocenters. The number of nitrogens with one attached hydrogen (secondary N) is 1. The third kappa shape index (κ3) is 2.85. The molecule has 4 rings (SSSR count). The van der Waals surface area contributed by atoms with Crippen molar-refractivity contribution in [2.24, 2.45) is 0 Å². The van der Waals surface area contributed by atoms with E-state index in [0.29, 0.717) is 11.3 Å². The van der Waals surface area contributed by atoms with E-state index >= 15 is 0 Å². The standard InChI is InChI=1S/C18H18ClN3O/c19-18-15(14-5-1-2-6-17(14)23-18)12-22-9-8-21-11-16(22)13-4-3-7-20-10-13/h1-7,10,16,21H,8-9,11-12H2. The Hall–Kier alpha value is -1.88. The zero-order valence-corrected chi connectivity index (χ0v) is 13.5. The van der Waals surface area contributed by atoms with Crippen molar-refractivity contribution in [3.05, 3.63) is 65.1 Å². The minimum atomic E-state index is 0.294. The number of halogens is 1. The van der Waals surface area contributed by atoms with Crippen LogP contribution >= 0.6 is 11.6 Å². The molecular weight excluding hydrogens is 310 g/mol. The van der Waals surface area contributed by atoms with Gasteiger partial charge in [0, 0.05) is 55.6 Å². The summed E-state index contributed by atoms with van der Waals surface area (Å²) in [6.07, 6.45) is 3.75. The van der Waals surface area contributed by atoms with Gasteiger partial charge in [-0.05, 0) is 29.3 Å². The largest absolute Gasteiger partial charge is 0.444 e. The highest BCUT2D eigenvalue weighted by Crippen LogP contribution is 2.33. The Morgan fingerprint density at radius 3 is 3.04 bits per heavy atom. The molecule has 4 nitrogen and oxygen atoms in total. The van der Waals surface area contributed by atoms with E-state index in [4.69, 9.17) is 16.0 Å².